The van der Waals surface area contributed by atoms with Crippen molar-refractivity contribution >= 4 is 28.0 Å². The standard InChI is InChI=1S/C25H25BrN4O3/c1-4-32-24-12-19(7-10-23(24)33-15-18-5-8-21(26)9-6-18)14-28-30-25-22(13-27)20(16-31-3)11-17(2)29-25/h5-12,14H,4,15-16H2,1-3H3,(H,29,30)/b28-14-. The van der Waals surface area contributed by atoms with Gasteiger partial charge in [-0.1, -0.05) is 28.1 Å². The first-order valence-corrected chi connectivity index (χ1v) is 11.2. The summed E-state index contributed by atoms with van der Waals surface area (Å²) >= 11 is 3.44. The van der Waals surface area contributed by atoms with Crippen molar-refractivity contribution in [3.63, 3.8) is 0 Å². The van der Waals surface area contributed by atoms with Crippen molar-refractivity contribution in [2.75, 3.05) is 19.1 Å². The van der Waals surface area contributed by atoms with Gasteiger partial charge in [0.05, 0.1) is 19.4 Å². The number of nitrogens with zero attached hydrogens (tertiary/aromatic N) is 3. The number of hydrogen-bond acceptors (Lipinski definition) is 7. The Hall–Kier alpha value is -3.41. The third kappa shape index (κ3) is 6.78. The maximum Gasteiger partial charge on any atom is 0.164 e. The summed E-state index contributed by atoms with van der Waals surface area (Å²) in [6.45, 7) is 5.04. The van der Waals surface area contributed by atoms with Crippen molar-refractivity contribution in [3.8, 4) is 17.6 Å². The number of aryl methyl sites for hydroxylation is 1. The highest BCUT2D eigenvalue weighted by Gasteiger charge is 2.11. The van der Waals surface area contributed by atoms with E-state index >= 15 is 0 Å². The van der Waals surface area contributed by atoms with Crippen molar-refractivity contribution in [2.45, 2.75) is 27.1 Å². The highest BCUT2D eigenvalue weighted by molar-refractivity contribution is 9.10. The highest BCUT2D eigenvalue weighted by atomic mass is 79.9. The molecular formula is C25H25BrN4O3. The van der Waals surface area contributed by atoms with Gasteiger partial charge in [-0.3, -0.25) is 5.43 Å². The summed E-state index contributed by atoms with van der Waals surface area (Å²) in [5, 5.41) is 13.8. The van der Waals surface area contributed by atoms with Crippen LogP contribution >= 0.6 is 15.9 Å². The fraction of sp³-hybridized carbons (Fsp3) is 0.240. The Kier molecular flexibility index (Phi) is 8.81. The molecule has 3 rings (SSSR count). The van der Waals surface area contributed by atoms with Crippen LogP contribution in [0, 0.1) is 18.3 Å². The number of aromatic nitrogens is 1. The Labute approximate surface area is 202 Å². The Balaban J connectivity index is 1.74. The Morgan fingerprint density at radius 2 is 1.88 bits per heavy atom. The Morgan fingerprint density at radius 3 is 2.58 bits per heavy atom. The van der Waals surface area contributed by atoms with E-state index in [-0.39, 0.29) is 0 Å². The second-order valence-electron chi connectivity index (χ2n) is 7.12. The van der Waals surface area contributed by atoms with Crippen LogP contribution in [-0.4, -0.2) is 24.9 Å². The molecule has 0 saturated carbocycles. The number of hydrazone groups is 1. The molecule has 0 radical (unpaired) electrons. The molecule has 7 nitrogen and oxygen atoms in total. The van der Waals surface area contributed by atoms with Crippen LogP contribution in [0.5, 0.6) is 11.5 Å². The van der Waals surface area contributed by atoms with Crippen molar-refractivity contribution < 1.29 is 14.2 Å². The normalized spacial score (nSPS) is 10.8. The maximum absolute atomic E-state index is 9.54. The number of benzene rings is 2. The molecule has 0 spiro atoms. The average molecular weight is 509 g/mol. The molecule has 0 saturated heterocycles. The van der Waals surface area contributed by atoms with Crippen LogP contribution in [0.25, 0.3) is 0 Å². The molecule has 0 aliphatic heterocycles. The SMILES string of the molecule is CCOc1cc(/C=N\Nc2nc(C)cc(COC)c2C#N)ccc1OCc1ccc(Br)cc1. The van der Waals surface area contributed by atoms with Gasteiger partial charge in [0.1, 0.15) is 18.2 Å². The van der Waals surface area contributed by atoms with Gasteiger partial charge < -0.3 is 14.2 Å². The predicted molar refractivity (Wildman–Crippen MR) is 132 cm³/mol. The van der Waals surface area contributed by atoms with Crippen LogP contribution in [0.1, 0.15) is 34.9 Å². The molecule has 0 fully saturated rings. The molecule has 3 aromatic rings. The van der Waals surface area contributed by atoms with Gasteiger partial charge in [-0.2, -0.15) is 10.4 Å². The summed E-state index contributed by atoms with van der Waals surface area (Å²) in [4.78, 5) is 4.39. The van der Waals surface area contributed by atoms with E-state index in [1.807, 2.05) is 62.4 Å². The molecule has 0 aliphatic carbocycles. The minimum atomic E-state index is 0.323. The lowest BCUT2D eigenvalue weighted by Gasteiger charge is -2.13. The lowest BCUT2D eigenvalue weighted by Crippen LogP contribution is -2.04. The lowest BCUT2D eigenvalue weighted by atomic mass is 10.1. The van der Waals surface area contributed by atoms with Gasteiger partial charge in [-0.15, -0.1) is 0 Å². The molecule has 2 aromatic carbocycles. The van der Waals surface area contributed by atoms with Crippen molar-refractivity contribution in [1.82, 2.24) is 4.98 Å². The summed E-state index contributed by atoms with van der Waals surface area (Å²) in [5.41, 5.74) is 6.68. The number of halogens is 1. The van der Waals surface area contributed by atoms with Gasteiger partial charge >= 0.3 is 0 Å². The van der Waals surface area contributed by atoms with Gasteiger partial charge in [0, 0.05) is 22.8 Å². The van der Waals surface area contributed by atoms with Crippen molar-refractivity contribution in [2.24, 2.45) is 5.10 Å². The summed E-state index contributed by atoms with van der Waals surface area (Å²) in [6, 6.07) is 17.6. The first kappa shape index (κ1) is 24.2. The quantitative estimate of drug-likeness (QED) is 0.283. The molecule has 170 valence electrons. The lowest BCUT2D eigenvalue weighted by molar-refractivity contribution is 0.184. The number of ether oxygens (including phenoxy) is 3. The van der Waals surface area contributed by atoms with Crippen LogP contribution in [0.2, 0.25) is 0 Å². The largest absolute Gasteiger partial charge is 0.490 e. The van der Waals surface area contributed by atoms with E-state index in [1.54, 1.807) is 13.3 Å². The number of hydrogen-bond donors (Lipinski definition) is 1. The van der Waals surface area contributed by atoms with Crippen LogP contribution < -0.4 is 14.9 Å². The molecule has 0 unspecified atom stereocenters. The van der Waals surface area contributed by atoms with E-state index in [9.17, 15) is 5.26 Å². The molecule has 1 N–H and O–H groups in total. The van der Waals surface area contributed by atoms with E-state index in [0.717, 1.165) is 26.9 Å². The highest BCUT2D eigenvalue weighted by Crippen LogP contribution is 2.29. The zero-order valence-electron chi connectivity index (χ0n) is 18.8. The maximum atomic E-state index is 9.54. The number of nitriles is 1. The second-order valence-corrected chi connectivity index (χ2v) is 8.03. The zero-order chi connectivity index (χ0) is 23.6. The van der Waals surface area contributed by atoms with E-state index in [4.69, 9.17) is 14.2 Å². The summed E-state index contributed by atoms with van der Waals surface area (Å²) in [7, 11) is 1.59. The monoisotopic (exact) mass is 508 g/mol. The molecule has 1 aromatic heterocycles. The number of anilines is 1. The van der Waals surface area contributed by atoms with E-state index in [0.29, 0.717) is 42.7 Å². The molecule has 1 heterocycles. The van der Waals surface area contributed by atoms with E-state index in [1.165, 1.54) is 0 Å². The van der Waals surface area contributed by atoms with E-state index in [2.05, 4.69) is 37.5 Å². The van der Waals surface area contributed by atoms with Gasteiger partial charge in [-0.05, 0) is 61.4 Å². The minimum Gasteiger partial charge on any atom is -0.490 e. The van der Waals surface area contributed by atoms with Crippen molar-refractivity contribution in [1.29, 1.82) is 5.26 Å². The molecule has 0 aliphatic rings. The number of rotatable bonds is 10. The zero-order valence-corrected chi connectivity index (χ0v) is 20.3. The van der Waals surface area contributed by atoms with Crippen LogP contribution in [0.4, 0.5) is 5.82 Å². The second kappa shape index (κ2) is 12.0. The average Bonchev–Trinajstić information content (AvgIpc) is 2.80. The topological polar surface area (TPSA) is 88.8 Å². The van der Waals surface area contributed by atoms with Gasteiger partial charge in [-0.25, -0.2) is 4.98 Å². The third-order valence-electron chi connectivity index (χ3n) is 4.60. The predicted octanol–water partition coefficient (Wildman–Crippen LogP) is 5.59. The van der Waals surface area contributed by atoms with Crippen LogP contribution in [0.3, 0.4) is 0 Å². The fourth-order valence-corrected chi connectivity index (χ4v) is 3.38. The summed E-state index contributed by atoms with van der Waals surface area (Å²) < 4.78 is 17.9. The Bertz CT molecular complexity index is 1160. The molecule has 8 heteroatoms. The molecular weight excluding hydrogens is 484 g/mol. The Morgan fingerprint density at radius 1 is 1.09 bits per heavy atom. The molecule has 0 atom stereocenters. The fourth-order valence-electron chi connectivity index (χ4n) is 3.12. The van der Waals surface area contributed by atoms with Crippen LogP contribution in [-0.2, 0) is 18.0 Å². The molecule has 0 amide bonds. The van der Waals surface area contributed by atoms with Gasteiger partial charge in [0.25, 0.3) is 0 Å². The minimum absolute atomic E-state index is 0.323. The smallest absolute Gasteiger partial charge is 0.164 e. The van der Waals surface area contributed by atoms with Crippen molar-refractivity contribution in [3.05, 3.63) is 81.0 Å². The van der Waals surface area contributed by atoms with Gasteiger partial charge in [0.15, 0.2) is 17.3 Å². The number of nitrogens with one attached hydrogen (secondary N) is 1. The third-order valence-corrected chi connectivity index (χ3v) is 5.13. The first-order chi connectivity index (χ1) is 16.0. The molecule has 0 bridgehead atoms. The van der Waals surface area contributed by atoms with Gasteiger partial charge in [0.2, 0.25) is 0 Å². The summed E-state index contributed by atoms with van der Waals surface area (Å²) in [6.07, 6.45) is 1.64. The van der Waals surface area contributed by atoms with Crippen LogP contribution in [0.15, 0.2) is 58.1 Å². The number of methoxy groups -OCH3 is 1. The first-order valence-electron chi connectivity index (χ1n) is 10.4. The van der Waals surface area contributed by atoms with E-state index < -0.39 is 0 Å². The number of pyridine rings is 1. The summed E-state index contributed by atoms with van der Waals surface area (Å²) in [5.74, 6) is 1.67. The molecule has 33 heavy (non-hydrogen) atoms.